The largest absolute Gasteiger partial charge is 0.468 e. The number of hydrogen-bond donors (Lipinski definition) is 0. The van der Waals surface area contributed by atoms with Crippen molar-refractivity contribution in [2.75, 3.05) is 27.3 Å². The van der Waals surface area contributed by atoms with Gasteiger partial charge in [0.25, 0.3) is 0 Å². The predicted molar refractivity (Wildman–Crippen MR) is 94.9 cm³/mol. The van der Waals surface area contributed by atoms with Crippen molar-refractivity contribution < 1.29 is 19.1 Å². The second-order valence-electron chi connectivity index (χ2n) is 6.48. The van der Waals surface area contributed by atoms with E-state index in [1.165, 1.54) is 30.6 Å². The number of fused-ring (bicyclic) bond motifs is 1. The molecule has 0 unspecified atom stereocenters. The molecule has 5 nitrogen and oxygen atoms in total. The first-order chi connectivity index (χ1) is 12.1. The van der Waals surface area contributed by atoms with Gasteiger partial charge in [0.1, 0.15) is 0 Å². The van der Waals surface area contributed by atoms with Gasteiger partial charge in [-0.25, -0.2) is 0 Å². The molecule has 0 aromatic heterocycles. The minimum absolute atomic E-state index is 0.414. The highest BCUT2D eigenvalue weighted by Crippen LogP contribution is 2.35. The van der Waals surface area contributed by atoms with Gasteiger partial charge in [0.15, 0.2) is 5.41 Å². The topological polar surface area (TPSA) is 55.8 Å². The molecule has 3 rings (SSSR count). The maximum atomic E-state index is 12.2. The Morgan fingerprint density at radius 3 is 2.20 bits per heavy atom. The molecule has 25 heavy (non-hydrogen) atoms. The lowest BCUT2D eigenvalue weighted by atomic mass is 9.78. The van der Waals surface area contributed by atoms with Crippen molar-refractivity contribution in [3.05, 3.63) is 48.0 Å². The Hall–Kier alpha value is -2.40. The van der Waals surface area contributed by atoms with E-state index >= 15 is 0 Å². The zero-order valence-corrected chi connectivity index (χ0v) is 14.7. The van der Waals surface area contributed by atoms with Gasteiger partial charge in [0.05, 0.1) is 14.2 Å². The van der Waals surface area contributed by atoms with Gasteiger partial charge in [-0.3, -0.25) is 14.5 Å². The Morgan fingerprint density at radius 1 is 0.960 bits per heavy atom. The number of ether oxygens (including phenoxy) is 2. The molecular formula is C20H23NO4. The average molecular weight is 341 g/mol. The zero-order valence-electron chi connectivity index (χ0n) is 14.7. The van der Waals surface area contributed by atoms with Crippen LogP contribution in [-0.4, -0.2) is 44.1 Å². The lowest BCUT2D eigenvalue weighted by molar-refractivity contribution is -0.173. The fraction of sp³-hybridized carbons (Fsp3) is 0.400. The Bertz CT molecular complexity index is 755. The Balaban J connectivity index is 1.75. The van der Waals surface area contributed by atoms with Crippen molar-refractivity contribution in [2.24, 2.45) is 5.41 Å². The Morgan fingerprint density at radius 2 is 1.56 bits per heavy atom. The van der Waals surface area contributed by atoms with E-state index in [-0.39, 0.29) is 0 Å². The summed E-state index contributed by atoms with van der Waals surface area (Å²) in [4.78, 5) is 26.6. The first-order valence-corrected chi connectivity index (χ1v) is 8.46. The molecule has 0 saturated carbocycles. The number of nitrogens with zero attached hydrogens (tertiary/aromatic N) is 1. The summed E-state index contributed by atoms with van der Waals surface area (Å²) in [6, 6.07) is 14.6. The number of piperidine rings is 1. The van der Waals surface area contributed by atoms with Gasteiger partial charge >= 0.3 is 11.9 Å². The molecule has 0 atom stereocenters. The molecule has 1 fully saturated rings. The van der Waals surface area contributed by atoms with Crippen LogP contribution in [0.5, 0.6) is 0 Å². The molecule has 1 heterocycles. The zero-order chi connectivity index (χ0) is 17.9. The van der Waals surface area contributed by atoms with Gasteiger partial charge in [-0.05, 0) is 29.2 Å². The number of likely N-dealkylation sites (tertiary alicyclic amines) is 1. The van der Waals surface area contributed by atoms with Crippen molar-refractivity contribution in [1.29, 1.82) is 0 Å². The third-order valence-electron chi connectivity index (χ3n) is 5.14. The fourth-order valence-corrected chi connectivity index (χ4v) is 3.65. The van der Waals surface area contributed by atoms with Crippen LogP contribution in [0.15, 0.2) is 42.5 Å². The van der Waals surface area contributed by atoms with E-state index in [1.807, 2.05) is 12.1 Å². The smallest absolute Gasteiger partial charge is 0.323 e. The van der Waals surface area contributed by atoms with Crippen LogP contribution in [0.2, 0.25) is 0 Å². The first kappa shape index (κ1) is 17.4. The highest BCUT2D eigenvalue weighted by molar-refractivity contribution is 6.00. The molecule has 132 valence electrons. The molecule has 0 radical (unpaired) electrons. The molecule has 0 spiro atoms. The van der Waals surface area contributed by atoms with E-state index in [4.69, 9.17) is 9.47 Å². The van der Waals surface area contributed by atoms with Crippen LogP contribution in [0.25, 0.3) is 10.8 Å². The maximum Gasteiger partial charge on any atom is 0.323 e. The molecule has 2 aromatic rings. The Kier molecular flexibility index (Phi) is 5.04. The minimum atomic E-state index is -1.17. The predicted octanol–water partition coefficient (Wildman–Crippen LogP) is 2.77. The molecule has 0 amide bonds. The minimum Gasteiger partial charge on any atom is -0.468 e. The molecule has 2 aromatic carbocycles. The van der Waals surface area contributed by atoms with E-state index in [0.29, 0.717) is 25.9 Å². The van der Waals surface area contributed by atoms with Crippen molar-refractivity contribution in [3.63, 3.8) is 0 Å². The van der Waals surface area contributed by atoms with Crippen molar-refractivity contribution in [1.82, 2.24) is 4.90 Å². The normalized spacial score (nSPS) is 17.2. The van der Waals surface area contributed by atoms with Gasteiger partial charge in [0, 0.05) is 19.6 Å². The number of carbonyl (C=O) groups is 2. The van der Waals surface area contributed by atoms with Crippen LogP contribution >= 0.6 is 0 Å². The standard InChI is InChI=1S/C20H23NO4/c1-24-18(22)20(19(23)25-2)10-12-21(13-11-20)14-16-8-5-7-15-6-3-4-9-17(15)16/h3-9H,10-14H2,1-2H3. The van der Waals surface area contributed by atoms with E-state index in [2.05, 4.69) is 35.2 Å². The van der Waals surface area contributed by atoms with Gasteiger partial charge in [-0.1, -0.05) is 42.5 Å². The molecule has 0 N–H and O–H groups in total. The number of hydrogen-bond acceptors (Lipinski definition) is 5. The number of methoxy groups -OCH3 is 2. The van der Waals surface area contributed by atoms with E-state index in [1.54, 1.807) is 0 Å². The summed E-state index contributed by atoms with van der Waals surface area (Å²) in [5, 5.41) is 2.46. The molecular weight excluding hydrogens is 318 g/mol. The Labute approximate surface area is 147 Å². The monoisotopic (exact) mass is 341 g/mol. The van der Waals surface area contributed by atoms with Crippen LogP contribution < -0.4 is 0 Å². The second kappa shape index (κ2) is 7.23. The van der Waals surface area contributed by atoms with Crippen LogP contribution in [-0.2, 0) is 25.6 Å². The van der Waals surface area contributed by atoms with Crippen LogP contribution in [0.1, 0.15) is 18.4 Å². The van der Waals surface area contributed by atoms with Crippen LogP contribution in [0, 0.1) is 5.41 Å². The molecule has 0 aliphatic carbocycles. The lowest BCUT2D eigenvalue weighted by Gasteiger charge is -2.37. The summed E-state index contributed by atoms with van der Waals surface area (Å²) in [6.45, 7) is 2.08. The SMILES string of the molecule is COC(=O)C1(C(=O)OC)CCN(Cc2cccc3ccccc23)CC1. The summed E-state index contributed by atoms with van der Waals surface area (Å²) >= 11 is 0. The molecule has 1 aliphatic heterocycles. The van der Waals surface area contributed by atoms with Gasteiger partial charge in [-0.15, -0.1) is 0 Å². The number of esters is 2. The summed E-state index contributed by atoms with van der Waals surface area (Å²) in [6.07, 6.45) is 0.828. The summed E-state index contributed by atoms with van der Waals surface area (Å²) < 4.78 is 9.74. The first-order valence-electron chi connectivity index (χ1n) is 8.46. The highest BCUT2D eigenvalue weighted by Gasteiger charge is 2.50. The third kappa shape index (κ3) is 3.24. The quantitative estimate of drug-likeness (QED) is 0.632. The highest BCUT2D eigenvalue weighted by atomic mass is 16.5. The summed E-state index contributed by atoms with van der Waals surface area (Å²) in [5.41, 5.74) is 0.0837. The van der Waals surface area contributed by atoms with Crippen LogP contribution in [0.4, 0.5) is 0 Å². The fourth-order valence-electron chi connectivity index (χ4n) is 3.65. The molecule has 5 heteroatoms. The van der Waals surface area contributed by atoms with Crippen molar-refractivity contribution >= 4 is 22.7 Å². The number of benzene rings is 2. The summed E-state index contributed by atoms with van der Waals surface area (Å²) in [5.74, 6) is -0.992. The van der Waals surface area contributed by atoms with E-state index in [0.717, 1.165) is 6.54 Å². The molecule has 1 saturated heterocycles. The lowest BCUT2D eigenvalue weighted by Crippen LogP contribution is -2.49. The second-order valence-corrected chi connectivity index (χ2v) is 6.48. The summed E-state index contributed by atoms with van der Waals surface area (Å²) in [7, 11) is 2.63. The average Bonchev–Trinajstić information content (AvgIpc) is 2.67. The van der Waals surface area contributed by atoms with E-state index < -0.39 is 17.4 Å². The molecule has 0 bridgehead atoms. The number of rotatable bonds is 4. The van der Waals surface area contributed by atoms with Gasteiger partial charge < -0.3 is 9.47 Å². The maximum absolute atomic E-state index is 12.2. The van der Waals surface area contributed by atoms with Gasteiger partial charge in [-0.2, -0.15) is 0 Å². The van der Waals surface area contributed by atoms with Crippen LogP contribution in [0.3, 0.4) is 0 Å². The van der Waals surface area contributed by atoms with Gasteiger partial charge in [0.2, 0.25) is 0 Å². The third-order valence-corrected chi connectivity index (χ3v) is 5.14. The van der Waals surface area contributed by atoms with Crippen molar-refractivity contribution in [3.8, 4) is 0 Å². The number of carbonyl (C=O) groups excluding carboxylic acids is 2. The van der Waals surface area contributed by atoms with E-state index in [9.17, 15) is 9.59 Å². The van der Waals surface area contributed by atoms with Crippen molar-refractivity contribution in [2.45, 2.75) is 19.4 Å². The molecule has 1 aliphatic rings.